The van der Waals surface area contributed by atoms with Gasteiger partial charge < -0.3 is 15.3 Å². The van der Waals surface area contributed by atoms with Crippen LogP contribution in [0.15, 0.2) is 24.4 Å². The quantitative estimate of drug-likeness (QED) is 0.848. The Labute approximate surface area is 115 Å². The molecule has 0 aliphatic carbocycles. The average molecular weight is 263 g/mol. The molecule has 106 valence electrons. The zero-order chi connectivity index (χ0) is 13.7. The SMILES string of the molecule is CC(C)C(CO)NC1CCN(c2ccccn2)CC1. The second-order valence-electron chi connectivity index (χ2n) is 5.65. The van der Waals surface area contributed by atoms with Gasteiger partial charge in [0.15, 0.2) is 0 Å². The lowest BCUT2D eigenvalue weighted by atomic mass is 9.99. The van der Waals surface area contributed by atoms with Crippen LogP contribution in [-0.2, 0) is 0 Å². The average Bonchev–Trinajstić information content (AvgIpc) is 2.46. The van der Waals surface area contributed by atoms with E-state index in [1.165, 1.54) is 0 Å². The molecule has 1 aliphatic heterocycles. The molecule has 1 aromatic rings. The molecule has 1 aromatic heterocycles. The molecule has 4 nitrogen and oxygen atoms in total. The van der Waals surface area contributed by atoms with Crippen molar-refractivity contribution >= 4 is 5.82 Å². The van der Waals surface area contributed by atoms with Crippen LogP contribution in [0.3, 0.4) is 0 Å². The third kappa shape index (κ3) is 3.91. The van der Waals surface area contributed by atoms with Crippen LogP contribution in [0, 0.1) is 5.92 Å². The van der Waals surface area contributed by atoms with E-state index in [1.807, 2.05) is 18.3 Å². The van der Waals surface area contributed by atoms with Crippen LogP contribution < -0.4 is 10.2 Å². The molecule has 0 spiro atoms. The van der Waals surface area contributed by atoms with E-state index in [0.717, 1.165) is 31.7 Å². The van der Waals surface area contributed by atoms with Gasteiger partial charge in [-0.05, 0) is 30.9 Å². The number of aromatic nitrogens is 1. The molecule has 1 aliphatic rings. The number of aliphatic hydroxyl groups is 1. The maximum Gasteiger partial charge on any atom is 0.128 e. The summed E-state index contributed by atoms with van der Waals surface area (Å²) >= 11 is 0. The van der Waals surface area contributed by atoms with E-state index in [9.17, 15) is 5.11 Å². The molecule has 1 atom stereocenters. The summed E-state index contributed by atoms with van der Waals surface area (Å²) in [5.41, 5.74) is 0. The number of hydrogen-bond acceptors (Lipinski definition) is 4. The Kier molecular flexibility index (Phi) is 5.16. The van der Waals surface area contributed by atoms with Gasteiger partial charge in [-0.15, -0.1) is 0 Å². The van der Waals surface area contributed by atoms with E-state index >= 15 is 0 Å². The maximum absolute atomic E-state index is 9.37. The first-order chi connectivity index (χ1) is 9.20. The summed E-state index contributed by atoms with van der Waals surface area (Å²) < 4.78 is 0. The van der Waals surface area contributed by atoms with Gasteiger partial charge in [-0.1, -0.05) is 19.9 Å². The van der Waals surface area contributed by atoms with Crippen LogP contribution >= 0.6 is 0 Å². The molecule has 2 rings (SSSR count). The number of hydrogen-bond donors (Lipinski definition) is 2. The van der Waals surface area contributed by atoms with E-state index in [4.69, 9.17) is 0 Å². The predicted molar refractivity (Wildman–Crippen MR) is 78.3 cm³/mol. The van der Waals surface area contributed by atoms with Crippen LogP contribution in [-0.4, -0.2) is 41.9 Å². The zero-order valence-electron chi connectivity index (χ0n) is 11.9. The highest BCUT2D eigenvalue weighted by Gasteiger charge is 2.23. The summed E-state index contributed by atoms with van der Waals surface area (Å²) in [4.78, 5) is 6.73. The fourth-order valence-electron chi connectivity index (χ4n) is 2.57. The van der Waals surface area contributed by atoms with Crippen LogP contribution in [0.2, 0.25) is 0 Å². The lowest BCUT2D eigenvalue weighted by Gasteiger charge is -2.35. The van der Waals surface area contributed by atoms with Gasteiger partial charge >= 0.3 is 0 Å². The maximum atomic E-state index is 9.37. The van der Waals surface area contributed by atoms with Gasteiger partial charge in [-0.25, -0.2) is 4.98 Å². The second kappa shape index (κ2) is 6.87. The highest BCUT2D eigenvalue weighted by Crippen LogP contribution is 2.18. The lowest BCUT2D eigenvalue weighted by Crippen LogP contribution is -2.49. The van der Waals surface area contributed by atoms with E-state index in [2.05, 4.69) is 35.1 Å². The molecule has 1 fully saturated rings. The van der Waals surface area contributed by atoms with Crippen LogP contribution in [0.1, 0.15) is 26.7 Å². The van der Waals surface area contributed by atoms with Gasteiger partial charge in [0.1, 0.15) is 5.82 Å². The fraction of sp³-hybridized carbons (Fsp3) is 0.667. The van der Waals surface area contributed by atoms with Gasteiger partial charge in [-0.2, -0.15) is 0 Å². The first-order valence-corrected chi connectivity index (χ1v) is 7.23. The van der Waals surface area contributed by atoms with Crippen molar-refractivity contribution in [2.75, 3.05) is 24.6 Å². The molecule has 0 saturated carbocycles. The first kappa shape index (κ1) is 14.3. The number of rotatable bonds is 5. The minimum Gasteiger partial charge on any atom is -0.395 e. The van der Waals surface area contributed by atoms with Gasteiger partial charge in [0.2, 0.25) is 0 Å². The van der Waals surface area contributed by atoms with Crippen molar-refractivity contribution in [3.8, 4) is 0 Å². The van der Waals surface area contributed by atoms with Crippen molar-refractivity contribution in [1.29, 1.82) is 0 Å². The summed E-state index contributed by atoms with van der Waals surface area (Å²) in [6.45, 7) is 6.59. The summed E-state index contributed by atoms with van der Waals surface area (Å²) in [5.74, 6) is 1.54. The Morgan fingerprint density at radius 3 is 2.63 bits per heavy atom. The number of piperidine rings is 1. The number of anilines is 1. The Morgan fingerprint density at radius 1 is 1.37 bits per heavy atom. The Bertz CT molecular complexity index is 361. The third-order valence-corrected chi connectivity index (χ3v) is 3.92. The van der Waals surface area contributed by atoms with Crippen LogP contribution in [0.5, 0.6) is 0 Å². The molecule has 0 amide bonds. The van der Waals surface area contributed by atoms with Crippen molar-refractivity contribution < 1.29 is 5.11 Å². The number of pyridine rings is 1. The number of aliphatic hydroxyl groups excluding tert-OH is 1. The summed E-state index contributed by atoms with van der Waals surface area (Å²) in [7, 11) is 0. The fourth-order valence-corrected chi connectivity index (χ4v) is 2.57. The molecule has 2 heterocycles. The molecule has 2 N–H and O–H groups in total. The van der Waals surface area contributed by atoms with Gasteiger partial charge in [0, 0.05) is 31.4 Å². The highest BCUT2D eigenvalue weighted by molar-refractivity contribution is 5.38. The minimum atomic E-state index is 0.214. The van der Waals surface area contributed by atoms with E-state index in [1.54, 1.807) is 0 Å². The molecule has 0 radical (unpaired) electrons. The normalized spacial score (nSPS) is 18.8. The van der Waals surface area contributed by atoms with Crippen LogP contribution in [0.25, 0.3) is 0 Å². The molecule has 19 heavy (non-hydrogen) atoms. The van der Waals surface area contributed by atoms with E-state index in [0.29, 0.717) is 12.0 Å². The smallest absolute Gasteiger partial charge is 0.128 e. The van der Waals surface area contributed by atoms with Crippen molar-refractivity contribution in [3.63, 3.8) is 0 Å². The van der Waals surface area contributed by atoms with Crippen molar-refractivity contribution in [2.24, 2.45) is 5.92 Å². The Balaban J connectivity index is 1.82. The van der Waals surface area contributed by atoms with Crippen molar-refractivity contribution in [2.45, 2.75) is 38.8 Å². The standard InChI is InChI=1S/C15H25N3O/c1-12(2)14(11-19)17-13-6-9-18(10-7-13)15-5-3-4-8-16-15/h3-5,8,12-14,17,19H,6-7,9-11H2,1-2H3. The monoisotopic (exact) mass is 263 g/mol. The predicted octanol–water partition coefficient (Wildman–Crippen LogP) is 1.66. The summed E-state index contributed by atoms with van der Waals surface area (Å²) in [6.07, 6.45) is 4.07. The van der Waals surface area contributed by atoms with Gasteiger partial charge in [0.05, 0.1) is 6.61 Å². The van der Waals surface area contributed by atoms with Gasteiger partial charge in [0.25, 0.3) is 0 Å². The number of nitrogens with zero attached hydrogens (tertiary/aromatic N) is 2. The number of nitrogens with one attached hydrogen (secondary N) is 1. The molecule has 1 unspecified atom stereocenters. The van der Waals surface area contributed by atoms with Crippen LogP contribution in [0.4, 0.5) is 5.82 Å². The first-order valence-electron chi connectivity index (χ1n) is 7.23. The largest absolute Gasteiger partial charge is 0.395 e. The molecule has 4 heteroatoms. The summed E-state index contributed by atoms with van der Waals surface area (Å²) in [6, 6.07) is 6.78. The van der Waals surface area contributed by atoms with Gasteiger partial charge in [-0.3, -0.25) is 0 Å². The zero-order valence-corrected chi connectivity index (χ0v) is 11.9. The van der Waals surface area contributed by atoms with E-state index in [-0.39, 0.29) is 12.6 Å². The summed E-state index contributed by atoms with van der Waals surface area (Å²) in [5, 5.41) is 13.0. The third-order valence-electron chi connectivity index (χ3n) is 3.92. The minimum absolute atomic E-state index is 0.214. The van der Waals surface area contributed by atoms with E-state index < -0.39 is 0 Å². The second-order valence-corrected chi connectivity index (χ2v) is 5.65. The molecule has 0 aromatic carbocycles. The Hall–Kier alpha value is -1.13. The molecular formula is C15H25N3O. The lowest BCUT2D eigenvalue weighted by molar-refractivity contribution is 0.192. The van der Waals surface area contributed by atoms with Crippen molar-refractivity contribution in [3.05, 3.63) is 24.4 Å². The topological polar surface area (TPSA) is 48.4 Å². The van der Waals surface area contributed by atoms with Crippen molar-refractivity contribution in [1.82, 2.24) is 10.3 Å². The highest BCUT2D eigenvalue weighted by atomic mass is 16.3. The molecular weight excluding hydrogens is 238 g/mol. The molecule has 1 saturated heterocycles. The molecule has 0 bridgehead atoms. The Morgan fingerprint density at radius 2 is 2.11 bits per heavy atom.